The summed E-state index contributed by atoms with van der Waals surface area (Å²) in [6.07, 6.45) is 5.60. The molecule has 10 heteroatoms. The minimum Gasteiger partial charge on any atom is -0.480 e. The molecule has 0 bridgehead atoms. The van der Waals surface area contributed by atoms with Gasteiger partial charge in [0.25, 0.3) is 5.91 Å². The zero-order valence-electron chi connectivity index (χ0n) is 20.6. The minimum atomic E-state index is -1.22. The van der Waals surface area contributed by atoms with Crippen LogP contribution in [-0.4, -0.2) is 54.5 Å². The number of para-hydroxylation sites is 1. The maximum absolute atomic E-state index is 13.2. The molecule has 0 saturated carbocycles. The number of aromatic amines is 1. The zero-order chi connectivity index (χ0) is 26.5. The predicted octanol–water partition coefficient (Wildman–Crippen LogP) is 4.00. The summed E-state index contributed by atoms with van der Waals surface area (Å²) in [7, 11) is 0. The third-order valence-electron chi connectivity index (χ3n) is 6.01. The topological polar surface area (TPSA) is 137 Å². The average molecular weight is 508 g/mol. The molecule has 5 aromatic rings. The number of aryl methyl sites for hydroxylation is 1. The maximum atomic E-state index is 13.2. The van der Waals surface area contributed by atoms with Crippen molar-refractivity contribution in [1.82, 2.24) is 30.2 Å². The minimum absolute atomic E-state index is 0.0703. The van der Waals surface area contributed by atoms with Crippen LogP contribution in [0.15, 0.2) is 85.3 Å². The van der Waals surface area contributed by atoms with E-state index in [1.165, 1.54) is 0 Å². The molecule has 2 aromatic carbocycles. The number of anilines is 2. The number of rotatable bonds is 9. The standard InChI is InChI=1S/C28H25N7O3/c1-2-25-29-14-11-22(33-25)23-16-19-15-18(9-10-21(19)32-23)26(36)34-24(27(37)38)17-35(20-7-4-3-5-8-20)28-30-12-6-13-31-28/h3-16,24,32H,2,17H2,1H3,(H,34,36)(H,37,38)/t24-/m0/s1. The van der Waals surface area contributed by atoms with Gasteiger partial charge < -0.3 is 20.3 Å². The van der Waals surface area contributed by atoms with Gasteiger partial charge in [0.15, 0.2) is 0 Å². The third-order valence-corrected chi connectivity index (χ3v) is 6.01. The quantitative estimate of drug-likeness (QED) is 0.272. The van der Waals surface area contributed by atoms with E-state index in [0.29, 0.717) is 17.2 Å². The van der Waals surface area contributed by atoms with Gasteiger partial charge in [-0.1, -0.05) is 25.1 Å². The van der Waals surface area contributed by atoms with Gasteiger partial charge in [-0.05, 0) is 48.5 Å². The van der Waals surface area contributed by atoms with Crippen molar-refractivity contribution in [2.24, 2.45) is 0 Å². The lowest BCUT2D eigenvalue weighted by Crippen LogP contribution is -2.47. The first-order chi connectivity index (χ1) is 18.5. The Kier molecular flexibility index (Phi) is 7.03. The number of fused-ring (bicyclic) bond motifs is 1. The van der Waals surface area contributed by atoms with Gasteiger partial charge in [-0.3, -0.25) is 4.79 Å². The fourth-order valence-corrected chi connectivity index (χ4v) is 4.08. The smallest absolute Gasteiger partial charge is 0.328 e. The molecule has 1 amide bonds. The Morgan fingerprint density at radius 3 is 2.50 bits per heavy atom. The molecule has 3 heterocycles. The summed E-state index contributed by atoms with van der Waals surface area (Å²) in [5.74, 6) is -0.599. The Hall–Kier alpha value is -5.12. The molecule has 190 valence electrons. The monoisotopic (exact) mass is 507 g/mol. The Morgan fingerprint density at radius 1 is 0.974 bits per heavy atom. The second-order valence-corrected chi connectivity index (χ2v) is 8.56. The van der Waals surface area contributed by atoms with Gasteiger partial charge in [0.1, 0.15) is 11.9 Å². The van der Waals surface area contributed by atoms with E-state index < -0.39 is 17.9 Å². The lowest BCUT2D eigenvalue weighted by atomic mass is 10.1. The molecule has 5 rings (SSSR count). The van der Waals surface area contributed by atoms with Crippen molar-refractivity contribution < 1.29 is 14.7 Å². The van der Waals surface area contributed by atoms with E-state index in [1.807, 2.05) is 49.4 Å². The highest BCUT2D eigenvalue weighted by atomic mass is 16.4. The summed E-state index contributed by atoms with van der Waals surface area (Å²) in [6.45, 7) is 1.92. The fraction of sp³-hybridized carbons (Fsp3) is 0.143. The van der Waals surface area contributed by atoms with E-state index in [9.17, 15) is 14.7 Å². The zero-order valence-corrected chi connectivity index (χ0v) is 20.6. The van der Waals surface area contributed by atoms with Gasteiger partial charge in [0, 0.05) is 47.2 Å². The number of nitrogens with zero attached hydrogens (tertiary/aromatic N) is 5. The van der Waals surface area contributed by atoms with Crippen molar-refractivity contribution in [2.75, 3.05) is 11.4 Å². The van der Waals surface area contributed by atoms with Gasteiger partial charge in [-0.25, -0.2) is 24.7 Å². The van der Waals surface area contributed by atoms with Crippen molar-refractivity contribution >= 4 is 34.4 Å². The van der Waals surface area contributed by atoms with Gasteiger partial charge in [-0.15, -0.1) is 0 Å². The number of carbonyl (C=O) groups excluding carboxylic acids is 1. The maximum Gasteiger partial charge on any atom is 0.328 e. The highest BCUT2D eigenvalue weighted by Crippen LogP contribution is 2.24. The number of benzene rings is 2. The molecule has 0 fully saturated rings. The van der Waals surface area contributed by atoms with E-state index in [1.54, 1.807) is 47.8 Å². The Morgan fingerprint density at radius 2 is 1.76 bits per heavy atom. The number of aliphatic carboxylic acids is 1. The van der Waals surface area contributed by atoms with Crippen LogP contribution in [0.3, 0.4) is 0 Å². The molecule has 10 nitrogen and oxygen atoms in total. The molecule has 0 unspecified atom stereocenters. The van der Waals surface area contributed by atoms with Crippen LogP contribution in [0.1, 0.15) is 23.1 Å². The van der Waals surface area contributed by atoms with Crippen LogP contribution in [0.5, 0.6) is 0 Å². The van der Waals surface area contributed by atoms with E-state index in [0.717, 1.165) is 34.5 Å². The van der Waals surface area contributed by atoms with Gasteiger partial charge in [0.2, 0.25) is 5.95 Å². The number of carbonyl (C=O) groups is 2. The van der Waals surface area contributed by atoms with Crippen LogP contribution in [0.2, 0.25) is 0 Å². The van der Waals surface area contributed by atoms with Crippen molar-refractivity contribution in [3.8, 4) is 11.4 Å². The molecular formula is C28H25N7O3. The number of amides is 1. The number of nitrogens with one attached hydrogen (secondary N) is 2. The number of hydrogen-bond donors (Lipinski definition) is 3. The molecule has 3 aromatic heterocycles. The van der Waals surface area contributed by atoms with E-state index in [2.05, 4.69) is 30.2 Å². The summed E-state index contributed by atoms with van der Waals surface area (Å²) in [5, 5.41) is 13.4. The first kappa shape index (κ1) is 24.6. The SMILES string of the molecule is CCc1nccc(-c2cc3cc(C(=O)N[C@@H](CN(c4ccccc4)c4ncccn4)C(=O)O)ccc3[nH]2)n1. The molecule has 0 aliphatic carbocycles. The number of hydrogen-bond acceptors (Lipinski definition) is 7. The first-order valence-corrected chi connectivity index (χ1v) is 12.1. The molecule has 0 spiro atoms. The van der Waals surface area contributed by atoms with Crippen LogP contribution in [0.25, 0.3) is 22.3 Å². The van der Waals surface area contributed by atoms with Gasteiger partial charge >= 0.3 is 5.97 Å². The highest BCUT2D eigenvalue weighted by molar-refractivity contribution is 6.00. The molecule has 0 saturated heterocycles. The van der Waals surface area contributed by atoms with Gasteiger partial charge in [-0.2, -0.15) is 0 Å². The summed E-state index contributed by atoms with van der Waals surface area (Å²) in [6, 6.07) is 18.6. The van der Waals surface area contributed by atoms with E-state index in [4.69, 9.17) is 0 Å². The summed E-state index contributed by atoms with van der Waals surface area (Å²) in [5.41, 5.74) is 3.44. The van der Waals surface area contributed by atoms with Crippen LogP contribution in [0, 0.1) is 0 Å². The first-order valence-electron chi connectivity index (χ1n) is 12.1. The Bertz CT molecular complexity index is 1530. The van der Waals surface area contributed by atoms with Crippen LogP contribution < -0.4 is 10.2 Å². The lowest BCUT2D eigenvalue weighted by Gasteiger charge is -2.26. The largest absolute Gasteiger partial charge is 0.480 e. The molecule has 0 aliphatic heterocycles. The number of aromatic nitrogens is 5. The molecule has 1 atom stereocenters. The molecular weight excluding hydrogens is 482 g/mol. The highest BCUT2D eigenvalue weighted by Gasteiger charge is 2.26. The second-order valence-electron chi connectivity index (χ2n) is 8.56. The van der Waals surface area contributed by atoms with Crippen molar-refractivity contribution in [3.05, 3.63) is 96.7 Å². The van der Waals surface area contributed by atoms with Crippen molar-refractivity contribution in [2.45, 2.75) is 19.4 Å². The molecule has 3 N–H and O–H groups in total. The third kappa shape index (κ3) is 5.34. The van der Waals surface area contributed by atoms with Gasteiger partial charge in [0.05, 0.1) is 17.9 Å². The van der Waals surface area contributed by atoms with Crippen molar-refractivity contribution in [1.29, 1.82) is 0 Å². The van der Waals surface area contributed by atoms with Crippen LogP contribution in [-0.2, 0) is 11.2 Å². The number of H-pyrrole nitrogens is 1. The normalized spacial score (nSPS) is 11.7. The van der Waals surface area contributed by atoms with E-state index >= 15 is 0 Å². The lowest BCUT2D eigenvalue weighted by molar-refractivity contribution is -0.138. The van der Waals surface area contributed by atoms with Crippen molar-refractivity contribution in [3.63, 3.8) is 0 Å². The van der Waals surface area contributed by atoms with E-state index in [-0.39, 0.29) is 6.54 Å². The predicted molar refractivity (Wildman–Crippen MR) is 143 cm³/mol. The fourth-order valence-electron chi connectivity index (χ4n) is 4.08. The van der Waals surface area contributed by atoms with Crippen LogP contribution in [0.4, 0.5) is 11.6 Å². The summed E-state index contributed by atoms with van der Waals surface area (Å²) in [4.78, 5) is 47.7. The summed E-state index contributed by atoms with van der Waals surface area (Å²) < 4.78 is 0. The Labute approximate surface area is 218 Å². The second kappa shape index (κ2) is 10.9. The molecule has 0 aliphatic rings. The summed E-state index contributed by atoms with van der Waals surface area (Å²) >= 11 is 0. The molecule has 0 radical (unpaired) electrons. The van der Waals surface area contributed by atoms with Crippen LogP contribution >= 0.6 is 0 Å². The molecule has 38 heavy (non-hydrogen) atoms. The Balaban J connectivity index is 1.38. The number of carboxylic acids is 1. The number of carboxylic acid groups (broad SMARTS) is 1. The average Bonchev–Trinajstić information content (AvgIpc) is 3.39.